The van der Waals surface area contributed by atoms with E-state index in [0.717, 1.165) is 5.56 Å². The first kappa shape index (κ1) is 11.6. The lowest BCUT2D eigenvalue weighted by Gasteiger charge is -2.16. The van der Waals surface area contributed by atoms with Crippen LogP contribution in [0.25, 0.3) is 6.08 Å². The minimum absolute atomic E-state index is 0.0963. The number of aromatic hydroxyl groups is 1. The predicted octanol–water partition coefficient (Wildman–Crippen LogP) is 2.80. The summed E-state index contributed by atoms with van der Waals surface area (Å²) in [6, 6.07) is 5.13. The number of benzene rings is 1. The van der Waals surface area contributed by atoms with Gasteiger partial charge in [-0.05, 0) is 19.9 Å². The van der Waals surface area contributed by atoms with Crippen LogP contribution in [0.15, 0.2) is 24.8 Å². The van der Waals surface area contributed by atoms with Gasteiger partial charge >= 0.3 is 0 Å². The van der Waals surface area contributed by atoms with E-state index in [-0.39, 0.29) is 12.0 Å². The third kappa shape index (κ3) is 2.99. The van der Waals surface area contributed by atoms with Crippen molar-refractivity contribution in [2.45, 2.75) is 20.1 Å². The van der Waals surface area contributed by atoms with E-state index in [1.807, 2.05) is 13.0 Å². The predicted molar refractivity (Wildman–Crippen MR) is 59.9 cm³/mol. The molecular weight excluding hydrogens is 192 g/mol. The molecule has 0 aliphatic heterocycles. The molecule has 0 radical (unpaired) electrons. The van der Waals surface area contributed by atoms with Gasteiger partial charge in [0.25, 0.3) is 0 Å². The molecule has 1 aromatic rings. The van der Waals surface area contributed by atoms with Crippen LogP contribution in [0.1, 0.15) is 19.4 Å². The molecule has 3 nitrogen and oxygen atoms in total. The van der Waals surface area contributed by atoms with Gasteiger partial charge in [0.2, 0.25) is 0 Å². The molecule has 1 N–H and O–H groups in total. The molecule has 0 fully saturated rings. The number of para-hydroxylation sites is 1. The third-order valence-electron chi connectivity index (χ3n) is 1.93. The Bertz CT molecular complexity index is 334. The van der Waals surface area contributed by atoms with Crippen LogP contribution < -0.4 is 4.74 Å². The van der Waals surface area contributed by atoms with Crippen molar-refractivity contribution in [3.8, 4) is 11.5 Å². The zero-order valence-electron chi connectivity index (χ0n) is 9.06. The average molecular weight is 208 g/mol. The largest absolute Gasteiger partial charge is 0.504 e. The minimum Gasteiger partial charge on any atom is -0.504 e. The van der Waals surface area contributed by atoms with E-state index in [0.29, 0.717) is 12.4 Å². The molecule has 0 saturated carbocycles. The molecule has 1 rings (SSSR count). The van der Waals surface area contributed by atoms with Gasteiger partial charge in [-0.15, -0.1) is 0 Å². The van der Waals surface area contributed by atoms with Crippen LogP contribution in [0.5, 0.6) is 11.5 Å². The maximum Gasteiger partial charge on any atom is 0.197 e. The molecule has 1 aromatic carbocycles. The Hall–Kier alpha value is -1.48. The highest BCUT2D eigenvalue weighted by molar-refractivity contribution is 5.60. The Balaban J connectivity index is 2.87. The van der Waals surface area contributed by atoms with Crippen LogP contribution in [0.3, 0.4) is 0 Å². The van der Waals surface area contributed by atoms with Crippen LogP contribution in [-0.4, -0.2) is 18.0 Å². The second-order valence-corrected chi connectivity index (χ2v) is 3.04. The highest BCUT2D eigenvalue weighted by Gasteiger charge is 2.10. The number of ether oxygens (including phenoxy) is 2. The average Bonchev–Trinajstić information content (AvgIpc) is 2.21. The first-order valence-electron chi connectivity index (χ1n) is 4.91. The van der Waals surface area contributed by atoms with Gasteiger partial charge in [-0.1, -0.05) is 24.8 Å². The molecule has 0 bridgehead atoms. The van der Waals surface area contributed by atoms with Crippen molar-refractivity contribution in [2.75, 3.05) is 6.61 Å². The summed E-state index contributed by atoms with van der Waals surface area (Å²) in [7, 11) is 0. The summed E-state index contributed by atoms with van der Waals surface area (Å²) in [6.07, 6.45) is 1.25. The monoisotopic (exact) mass is 208 g/mol. The molecule has 0 spiro atoms. The molecular formula is C12H16O3. The maximum absolute atomic E-state index is 9.61. The second kappa shape index (κ2) is 5.41. The zero-order valence-corrected chi connectivity index (χ0v) is 9.06. The van der Waals surface area contributed by atoms with E-state index >= 15 is 0 Å². The van der Waals surface area contributed by atoms with E-state index in [4.69, 9.17) is 9.47 Å². The van der Waals surface area contributed by atoms with Gasteiger partial charge in [-0.3, -0.25) is 0 Å². The highest BCUT2D eigenvalue weighted by atomic mass is 16.7. The number of phenols is 1. The van der Waals surface area contributed by atoms with E-state index in [1.54, 1.807) is 25.1 Å². The topological polar surface area (TPSA) is 38.7 Å². The highest BCUT2D eigenvalue weighted by Crippen LogP contribution is 2.31. The molecule has 0 aromatic heterocycles. The molecule has 15 heavy (non-hydrogen) atoms. The second-order valence-electron chi connectivity index (χ2n) is 3.04. The Labute approximate surface area is 90.0 Å². The first-order valence-corrected chi connectivity index (χ1v) is 4.91. The van der Waals surface area contributed by atoms with Crippen LogP contribution >= 0.6 is 0 Å². The molecule has 0 aliphatic carbocycles. The third-order valence-corrected chi connectivity index (χ3v) is 1.93. The van der Waals surface area contributed by atoms with Gasteiger partial charge in [-0.2, -0.15) is 0 Å². The standard InChI is InChI=1S/C12H16O3/c1-4-10-7-6-8-11(13)12(10)15-9(3)14-5-2/h4,6-9,13H,1,5H2,2-3H3. The van der Waals surface area contributed by atoms with E-state index in [2.05, 4.69) is 6.58 Å². The Morgan fingerprint density at radius 1 is 1.53 bits per heavy atom. The number of rotatable bonds is 5. The SMILES string of the molecule is C=Cc1cccc(O)c1OC(C)OCC. The first-order chi connectivity index (χ1) is 7.19. The van der Waals surface area contributed by atoms with Crippen LogP contribution in [0, 0.1) is 0 Å². The van der Waals surface area contributed by atoms with Crippen LogP contribution in [0.2, 0.25) is 0 Å². The van der Waals surface area contributed by atoms with Crippen LogP contribution in [0.4, 0.5) is 0 Å². The molecule has 0 heterocycles. The van der Waals surface area contributed by atoms with Gasteiger partial charge in [0.15, 0.2) is 17.8 Å². The summed E-state index contributed by atoms with van der Waals surface area (Å²) in [5.74, 6) is 0.507. The normalized spacial score (nSPS) is 12.1. The van der Waals surface area contributed by atoms with Crippen molar-refractivity contribution in [3.05, 3.63) is 30.3 Å². The van der Waals surface area contributed by atoms with Crippen LogP contribution in [-0.2, 0) is 4.74 Å². The molecule has 1 atom stereocenters. The molecule has 0 saturated heterocycles. The van der Waals surface area contributed by atoms with Crippen molar-refractivity contribution in [1.29, 1.82) is 0 Å². The number of phenolic OH excluding ortho intramolecular Hbond substituents is 1. The number of hydrogen-bond acceptors (Lipinski definition) is 3. The van der Waals surface area contributed by atoms with Crippen molar-refractivity contribution in [3.63, 3.8) is 0 Å². The lowest BCUT2D eigenvalue weighted by molar-refractivity contribution is -0.0624. The summed E-state index contributed by atoms with van der Waals surface area (Å²) in [4.78, 5) is 0. The van der Waals surface area contributed by atoms with Gasteiger partial charge in [0, 0.05) is 12.2 Å². The molecule has 82 valence electrons. The van der Waals surface area contributed by atoms with Crippen molar-refractivity contribution in [2.24, 2.45) is 0 Å². The zero-order chi connectivity index (χ0) is 11.3. The summed E-state index contributed by atoms with van der Waals surface area (Å²) in [6.45, 7) is 7.89. The fourth-order valence-electron chi connectivity index (χ4n) is 1.27. The number of hydrogen-bond donors (Lipinski definition) is 1. The lowest BCUT2D eigenvalue weighted by atomic mass is 10.2. The maximum atomic E-state index is 9.61. The lowest BCUT2D eigenvalue weighted by Crippen LogP contribution is -2.16. The van der Waals surface area contributed by atoms with Crippen molar-refractivity contribution in [1.82, 2.24) is 0 Å². The Morgan fingerprint density at radius 2 is 2.27 bits per heavy atom. The van der Waals surface area contributed by atoms with E-state index in [9.17, 15) is 5.11 Å². The fraction of sp³-hybridized carbons (Fsp3) is 0.333. The summed E-state index contributed by atoms with van der Waals surface area (Å²) >= 11 is 0. The molecule has 0 aliphatic rings. The molecule has 3 heteroatoms. The van der Waals surface area contributed by atoms with Crippen molar-refractivity contribution < 1.29 is 14.6 Å². The fourth-order valence-corrected chi connectivity index (χ4v) is 1.27. The van der Waals surface area contributed by atoms with Gasteiger partial charge in [0.05, 0.1) is 0 Å². The summed E-state index contributed by atoms with van der Waals surface area (Å²) in [5, 5.41) is 9.61. The quantitative estimate of drug-likeness (QED) is 0.756. The Morgan fingerprint density at radius 3 is 2.87 bits per heavy atom. The smallest absolute Gasteiger partial charge is 0.197 e. The van der Waals surface area contributed by atoms with Gasteiger partial charge < -0.3 is 14.6 Å². The van der Waals surface area contributed by atoms with Gasteiger partial charge in [0.1, 0.15) is 0 Å². The minimum atomic E-state index is -0.387. The van der Waals surface area contributed by atoms with E-state index in [1.165, 1.54) is 0 Å². The molecule has 1 unspecified atom stereocenters. The van der Waals surface area contributed by atoms with Gasteiger partial charge in [-0.25, -0.2) is 0 Å². The van der Waals surface area contributed by atoms with E-state index < -0.39 is 0 Å². The summed E-state index contributed by atoms with van der Waals surface area (Å²) < 4.78 is 10.7. The van der Waals surface area contributed by atoms with Crippen molar-refractivity contribution >= 4 is 6.08 Å². The Kier molecular flexibility index (Phi) is 4.18. The molecule has 0 amide bonds. The summed E-state index contributed by atoms with van der Waals surface area (Å²) in [5.41, 5.74) is 0.751.